The molecule has 1 aliphatic carbocycles. The Labute approximate surface area is 152 Å². The first-order valence-electron chi connectivity index (χ1n) is 7.79. The Morgan fingerprint density at radius 2 is 1.79 bits per heavy atom. The molecule has 4 rings (SSSR count). The molecule has 0 N–H and O–H groups in total. The molecule has 0 radical (unpaired) electrons. The molecule has 0 spiro atoms. The SMILES string of the molecule is Fc1ccc(SCc2nnn(C3CC3)c2-c2ccc(Br)cc2)cc1. The van der Waals surface area contributed by atoms with Gasteiger partial charge in [0.25, 0.3) is 0 Å². The Hall–Kier alpha value is -1.66. The standard InChI is InChI=1S/C18H15BrFN3S/c19-13-3-1-12(2-4-13)18-17(21-22-23(18)15-7-8-15)11-24-16-9-5-14(20)6-10-16/h1-6,9-10,15H,7-8,11H2. The van der Waals surface area contributed by atoms with Crippen molar-refractivity contribution in [2.75, 3.05) is 0 Å². The average molecular weight is 404 g/mol. The van der Waals surface area contributed by atoms with Crippen LogP contribution in [0.25, 0.3) is 11.3 Å². The second-order valence-electron chi connectivity index (χ2n) is 5.81. The Morgan fingerprint density at radius 1 is 1.08 bits per heavy atom. The Kier molecular flexibility index (Phi) is 4.41. The van der Waals surface area contributed by atoms with E-state index in [4.69, 9.17) is 0 Å². The van der Waals surface area contributed by atoms with Crippen molar-refractivity contribution >= 4 is 27.7 Å². The molecule has 3 aromatic rings. The first-order valence-corrected chi connectivity index (χ1v) is 9.57. The van der Waals surface area contributed by atoms with Gasteiger partial charge in [-0.25, -0.2) is 9.07 Å². The Morgan fingerprint density at radius 3 is 2.46 bits per heavy atom. The lowest BCUT2D eigenvalue weighted by Crippen LogP contribution is -2.00. The fraction of sp³-hybridized carbons (Fsp3) is 0.222. The summed E-state index contributed by atoms with van der Waals surface area (Å²) < 4.78 is 16.1. The van der Waals surface area contributed by atoms with Crippen molar-refractivity contribution in [1.82, 2.24) is 15.0 Å². The fourth-order valence-electron chi connectivity index (χ4n) is 2.59. The lowest BCUT2D eigenvalue weighted by atomic mass is 10.1. The van der Waals surface area contributed by atoms with Crippen molar-refractivity contribution in [2.24, 2.45) is 0 Å². The summed E-state index contributed by atoms with van der Waals surface area (Å²) in [6.07, 6.45) is 2.33. The van der Waals surface area contributed by atoms with E-state index in [0.29, 0.717) is 11.8 Å². The van der Waals surface area contributed by atoms with E-state index in [2.05, 4.69) is 43.1 Å². The van der Waals surface area contributed by atoms with Gasteiger partial charge in [0, 0.05) is 20.7 Å². The molecule has 1 fully saturated rings. The number of nitrogens with zero attached hydrogens (tertiary/aromatic N) is 3. The van der Waals surface area contributed by atoms with Gasteiger partial charge in [-0.3, -0.25) is 0 Å². The van der Waals surface area contributed by atoms with Crippen molar-refractivity contribution in [3.05, 3.63) is 64.5 Å². The molecule has 0 aliphatic heterocycles. The van der Waals surface area contributed by atoms with E-state index in [9.17, 15) is 4.39 Å². The van der Waals surface area contributed by atoms with Crippen LogP contribution in [0.3, 0.4) is 0 Å². The van der Waals surface area contributed by atoms with Crippen LogP contribution in [0.5, 0.6) is 0 Å². The Balaban J connectivity index is 1.62. The van der Waals surface area contributed by atoms with Crippen LogP contribution in [-0.2, 0) is 5.75 Å². The van der Waals surface area contributed by atoms with E-state index in [1.54, 1.807) is 23.9 Å². The first-order chi connectivity index (χ1) is 11.7. The molecule has 0 amide bonds. The summed E-state index contributed by atoms with van der Waals surface area (Å²) >= 11 is 5.13. The third-order valence-electron chi connectivity index (χ3n) is 3.96. The van der Waals surface area contributed by atoms with Crippen molar-refractivity contribution in [1.29, 1.82) is 0 Å². The van der Waals surface area contributed by atoms with Crippen LogP contribution < -0.4 is 0 Å². The number of benzene rings is 2. The van der Waals surface area contributed by atoms with Crippen LogP contribution in [0, 0.1) is 5.82 Å². The third kappa shape index (κ3) is 3.39. The van der Waals surface area contributed by atoms with Gasteiger partial charge < -0.3 is 0 Å². The zero-order valence-corrected chi connectivity index (χ0v) is 15.2. The van der Waals surface area contributed by atoms with Crippen LogP contribution in [0.4, 0.5) is 4.39 Å². The second kappa shape index (κ2) is 6.69. The predicted molar refractivity (Wildman–Crippen MR) is 97.4 cm³/mol. The molecule has 1 heterocycles. The minimum Gasteiger partial charge on any atom is -0.241 e. The quantitative estimate of drug-likeness (QED) is 0.528. The topological polar surface area (TPSA) is 30.7 Å². The average Bonchev–Trinajstić information content (AvgIpc) is 3.35. The molecule has 0 atom stereocenters. The lowest BCUT2D eigenvalue weighted by molar-refractivity contribution is 0.616. The predicted octanol–water partition coefficient (Wildman–Crippen LogP) is 5.47. The number of halogens is 2. The lowest BCUT2D eigenvalue weighted by Gasteiger charge is -2.08. The highest BCUT2D eigenvalue weighted by Crippen LogP contribution is 2.39. The minimum atomic E-state index is -0.213. The van der Waals surface area contributed by atoms with Crippen LogP contribution in [0.1, 0.15) is 24.6 Å². The maximum atomic E-state index is 13.0. The van der Waals surface area contributed by atoms with Crippen LogP contribution >= 0.6 is 27.7 Å². The van der Waals surface area contributed by atoms with Gasteiger partial charge in [0.15, 0.2) is 0 Å². The van der Waals surface area contributed by atoms with Crippen molar-refractivity contribution in [3.8, 4) is 11.3 Å². The van der Waals surface area contributed by atoms with Crippen LogP contribution in [0.2, 0.25) is 0 Å². The molecule has 1 aromatic heterocycles. The van der Waals surface area contributed by atoms with E-state index < -0.39 is 0 Å². The zero-order chi connectivity index (χ0) is 16.5. The van der Waals surface area contributed by atoms with Gasteiger partial charge in [0.05, 0.1) is 11.7 Å². The molecule has 1 saturated carbocycles. The van der Waals surface area contributed by atoms with Crippen LogP contribution in [-0.4, -0.2) is 15.0 Å². The molecule has 0 saturated heterocycles. The maximum Gasteiger partial charge on any atom is 0.123 e. The zero-order valence-electron chi connectivity index (χ0n) is 12.8. The number of hydrogen-bond donors (Lipinski definition) is 0. The van der Waals surface area contributed by atoms with Gasteiger partial charge in [0.1, 0.15) is 11.5 Å². The number of thioether (sulfide) groups is 1. The molecule has 0 bridgehead atoms. The summed E-state index contributed by atoms with van der Waals surface area (Å²) in [7, 11) is 0. The summed E-state index contributed by atoms with van der Waals surface area (Å²) in [5.74, 6) is 0.499. The van der Waals surface area contributed by atoms with Gasteiger partial charge in [-0.2, -0.15) is 0 Å². The highest BCUT2D eigenvalue weighted by Gasteiger charge is 2.29. The second-order valence-corrected chi connectivity index (χ2v) is 7.77. The minimum absolute atomic E-state index is 0.213. The highest BCUT2D eigenvalue weighted by molar-refractivity contribution is 9.10. The van der Waals surface area contributed by atoms with Crippen molar-refractivity contribution in [2.45, 2.75) is 29.5 Å². The monoisotopic (exact) mass is 403 g/mol. The molecular formula is C18H15BrFN3S. The number of aromatic nitrogens is 3. The number of hydrogen-bond acceptors (Lipinski definition) is 3. The summed E-state index contributed by atoms with van der Waals surface area (Å²) in [5, 5.41) is 8.80. The smallest absolute Gasteiger partial charge is 0.123 e. The van der Waals surface area contributed by atoms with E-state index in [1.807, 2.05) is 12.1 Å². The fourth-order valence-corrected chi connectivity index (χ4v) is 3.68. The molecule has 6 heteroatoms. The first kappa shape index (κ1) is 15.8. The molecule has 0 unspecified atom stereocenters. The third-order valence-corrected chi connectivity index (χ3v) is 5.52. The normalized spacial score (nSPS) is 14.1. The maximum absolute atomic E-state index is 13.0. The molecule has 3 nitrogen and oxygen atoms in total. The van der Waals surface area contributed by atoms with Crippen molar-refractivity contribution in [3.63, 3.8) is 0 Å². The van der Waals surface area contributed by atoms with Crippen LogP contribution in [0.15, 0.2) is 57.9 Å². The summed E-state index contributed by atoms with van der Waals surface area (Å²) in [6.45, 7) is 0. The largest absolute Gasteiger partial charge is 0.241 e. The van der Waals surface area contributed by atoms with Gasteiger partial charge in [-0.1, -0.05) is 33.3 Å². The molecule has 122 valence electrons. The highest BCUT2D eigenvalue weighted by atomic mass is 79.9. The van der Waals surface area contributed by atoms with Crippen molar-refractivity contribution < 1.29 is 4.39 Å². The van der Waals surface area contributed by atoms with Gasteiger partial charge >= 0.3 is 0 Å². The molecule has 2 aromatic carbocycles. The van der Waals surface area contributed by atoms with Gasteiger partial charge in [-0.05, 0) is 49.2 Å². The van der Waals surface area contributed by atoms with E-state index in [1.165, 1.54) is 12.1 Å². The van der Waals surface area contributed by atoms with Gasteiger partial charge in [0.2, 0.25) is 0 Å². The van der Waals surface area contributed by atoms with E-state index >= 15 is 0 Å². The number of rotatable bonds is 5. The molecule has 1 aliphatic rings. The van der Waals surface area contributed by atoms with E-state index in [0.717, 1.165) is 39.2 Å². The summed E-state index contributed by atoms with van der Waals surface area (Å²) in [6, 6.07) is 15.3. The Bertz CT molecular complexity index is 842. The summed E-state index contributed by atoms with van der Waals surface area (Å²) in [4.78, 5) is 1.03. The van der Waals surface area contributed by atoms with Gasteiger partial charge in [-0.15, -0.1) is 16.9 Å². The molecule has 24 heavy (non-hydrogen) atoms. The summed E-state index contributed by atoms with van der Waals surface area (Å²) in [5.41, 5.74) is 3.20. The molecular weight excluding hydrogens is 389 g/mol. The van der Waals surface area contributed by atoms with E-state index in [-0.39, 0.29) is 5.82 Å².